The maximum absolute atomic E-state index is 12.0. The average Bonchev–Trinajstić information content (AvgIpc) is 3.24. The predicted molar refractivity (Wildman–Crippen MR) is 89.3 cm³/mol. The standard InChI is InChI=1S/C16H16ClN5O2/c1-10(11-4-2-5-12(17)8-11)19-16(23)18-9-14-20-15(22-21-14)13-6-3-7-24-13/h2-8,10H,9H2,1H3,(H2,18,19,23)(H,20,21,22)/t10-/m1/s1. The Kier molecular flexibility index (Phi) is 4.81. The Labute approximate surface area is 143 Å². The predicted octanol–water partition coefficient (Wildman–Crippen LogP) is 3.28. The molecule has 7 nitrogen and oxygen atoms in total. The summed E-state index contributed by atoms with van der Waals surface area (Å²) in [7, 11) is 0. The summed E-state index contributed by atoms with van der Waals surface area (Å²) in [4.78, 5) is 16.2. The van der Waals surface area contributed by atoms with Crippen LogP contribution in [0.25, 0.3) is 11.6 Å². The van der Waals surface area contributed by atoms with Gasteiger partial charge >= 0.3 is 6.03 Å². The van der Waals surface area contributed by atoms with Crippen molar-refractivity contribution >= 4 is 17.6 Å². The highest BCUT2D eigenvalue weighted by Gasteiger charge is 2.12. The number of carbonyl (C=O) groups is 1. The van der Waals surface area contributed by atoms with Crippen LogP contribution in [0.2, 0.25) is 5.02 Å². The molecule has 2 amide bonds. The lowest BCUT2D eigenvalue weighted by atomic mass is 10.1. The lowest BCUT2D eigenvalue weighted by Gasteiger charge is -2.14. The van der Waals surface area contributed by atoms with Crippen molar-refractivity contribution in [2.75, 3.05) is 0 Å². The van der Waals surface area contributed by atoms with Crippen LogP contribution < -0.4 is 10.6 Å². The number of furan rings is 1. The summed E-state index contributed by atoms with van der Waals surface area (Å²) in [6, 6.07) is 10.4. The Bertz CT molecular complexity index is 816. The van der Waals surface area contributed by atoms with Crippen LogP contribution in [0.15, 0.2) is 47.1 Å². The van der Waals surface area contributed by atoms with E-state index < -0.39 is 0 Å². The number of urea groups is 1. The third-order valence-electron chi connectivity index (χ3n) is 3.39. The van der Waals surface area contributed by atoms with Gasteiger partial charge < -0.3 is 15.1 Å². The van der Waals surface area contributed by atoms with Crippen molar-refractivity contribution in [1.29, 1.82) is 0 Å². The van der Waals surface area contributed by atoms with Crippen LogP contribution >= 0.6 is 11.6 Å². The number of hydrogen-bond donors (Lipinski definition) is 3. The lowest BCUT2D eigenvalue weighted by Crippen LogP contribution is -2.36. The van der Waals surface area contributed by atoms with Crippen molar-refractivity contribution in [3.63, 3.8) is 0 Å². The average molecular weight is 346 g/mol. The van der Waals surface area contributed by atoms with Crippen LogP contribution in [-0.4, -0.2) is 21.2 Å². The van der Waals surface area contributed by atoms with Gasteiger partial charge in [0.1, 0.15) is 5.82 Å². The molecule has 0 bridgehead atoms. The number of benzene rings is 1. The van der Waals surface area contributed by atoms with Crippen molar-refractivity contribution in [2.24, 2.45) is 0 Å². The molecule has 24 heavy (non-hydrogen) atoms. The second kappa shape index (κ2) is 7.18. The molecule has 3 rings (SSSR count). The maximum Gasteiger partial charge on any atom is 0.315 e. The number of aromatic amines is 1. The van der Waals surface area contributed by atoms with Crippen LogP contribution in [0.3, 0.4) is 0 Å². The van der Waals surface area contributed by atoms with Gasteiger partial charge in [0, 0.05) is 5.02 Å². The molecule has 0 saturated carbocycles. The summed E-state index contributed by atoms with van der Waals surface area (Å²) in [5.74, 6) is 1.55. The summed E-state index contributed by atoms with van der Waals surface area (Å²) in [6.45, 7) is 2.11. The quantitative estimate of drug-likeness (QED) is 0.661. The third-order valence-corrected chi connectivity index (χ3v) is 3.62. The molecule has 0 spiro atoms. The van der Waals surface area contributed by atoms with Crippen molar-refractivity contribution in [3.05, 3.63) is 59.1 Å². The van der Waals surface area contributed by atoms with E-state index in [1.807, 2.05) is 25.1 Å². The molecule has 2 aromatic heterocycles. The number of rotatable bonds is 5. The molecule has 0 aliphatic carbocycles. The highest BCUT2D eigenvalue weighted by molar-refractivity contribution is 6.30. The molecule has 8 heteroatoms. The topological polar surface area (TPSA) is 95.8 Å². The van der Waals surface area contributed by atoms with Crippen molar-refractivity contribution in [3.8, 4) is 11.6 Å². The van der Waals surface area contributed by atoms with E-state index in [1.165, 1.54) is 0 Å². The Hall–Kier alpha value is -2.80. The zero-order chi connectivity index (χ0) is 16.9. The molecule has 2 heterocycles. The number of hydrogen-bond acceptors (Lipinski definition) is 4. The first-order valence-corrected chi connectivity index (χ1v) is 7.74. The molecular formula is C16H16ClN5O2. The Morgan fingerprint density at radius 3 is 3.00 bits per heavy atom. The van der Waals surface area contributed by atoms with E-state index in [1.54, 1.807) is 24.5 Å². The number of aromatic nitrogens is 3. The van der Waals surface area contributed by atoms with Crippen molar-refractivity contribution < 1.29 is 9.21 Å². The van der Waals surface area contributed by atoms with E-state index >= 15 is 0 Å². The lowest BCUT2D eigenvalue weighted by molar-refractivity contribution is 0.237. The largest absolute Gasteiger partial charge is 0.461 e. The van der Waals surface area contributed by atoms with Crippen LogP contribution in [0, 0.1) is 0 Å². The molecule has 1 atom stereocenters. The third kappa shape index (κ3) is 3.94. The van der Waals surface area contributed by atoms with Crippen LogP contribution in [-0.2, 0) is 6.54 Å². The second-order valence-corrected chi connectivity index (χ2v) is 5.62. The molecule has 1 aromatic carbocycles. The summed E-state index contributed by atoms with van der Waals surface area (Å²) in [5.41, 5.74) is 0.928. The molecule has 3 aromatic rings. The van der Waals surface area contributed by atoms with E-state index in [2.05, 4.69) is 25.8 Å². The highest BCUT2D eigenvalue weighted by Crippen LogP contribution is 2.17. The molecule has 0 aliphatic rings. The minimum absolute atomic E-state index is 0.169. The Balaban J connectivity index is 1.52. The van der Waals surface area contributed by atoms with Gasteiger partial charge in [-0.1, -0.05) is 23.7 Å². The van der Waals surface area contributed by atoms with E-state index in [0.29, 0.717) is 22.4 Å². The molecule has 0 radical (unpaired) electrons. The monoisotopic (exact) mass is 345 g/mol. The number of amides is 2. The van der Waals surface area contributed by atoms with Gasteiger partial charge in [0.05, 0.1) is 18.8 Å². The van der Waals surface area contributed by atoms with Crippen molar-refractivity contribution in [2.45, 2.75) is 19.5 Å². The zero-order valence-electron chi connectivity index (χ0n) is 12.9. The van der Waals surface area contributed by atoms with Gasteiger partial charge in [0.2, 0.25) is 5.82 Å². The Morgan fingerprint density at radius 2 is 2.25 bits per heavy atom. The number of halogens is 1. The summed E-state index contributed by atoms with van der Waals surface area (Å²) >= 11 is 5.96. The highest BCUT2D eigenvalue weighted by atomic mass is 35.5. The molecule has 0 fully saturated rings. The van der Waals surface area contributed by atoms with Gasteiger partial charge in [-0.25, -0.2) is 9.78 Å². The molecular weight excluding hydrogens is 330 g/mol. The molecule has 0 saturated heterocycles. The smallest absolute Gasteiger partial charge is 0.315 e. The van der Waals surface area contributed by atoms with E-state index in [-0.39, 0.29) is 18.6 Å². The maximum atomic E-state index is 12.0. The van der Waals surface area contributed by atoms with Crippen LogP contribution in [0.4, 0.5) is 4.79 Å². The minimum atomic E-state index is -0.307. The van der Waals surface area contributed by atoms with Gasteiger partial charge in [0.25, 0.3) is 0 Å². The second-order valence-electron chi connectivity index (χ2n) is 5.19. The summed E-state index contributed by atoms with van der Waals surface area (Å²) < 4.78 is 5.21. The van der Waals surface area contributed by atoms with E-state index in [0.717, 1.165) is 5.56 Å². The molecule has 0 aliphatic heterocycles. The number of carbonyl (C=O) groups excluding carboxylic acids is 1. The number of H-pyrrole nitrogens is 1. The minimum Gasteiger partial charge on any atom is -0.461 e. The summed E-state index contributed by atoms with van der Waals surface area (Å²) in [5, 5.41) is 13.0. The molecule has 3 N–H and O–H groups in total. The normalized spacial score (nSPS) is 11.9. The Morgan fingerprint density at radius 1 is 1.38 bits per heavy atom. The van der Waals surface area contributed by atoms with Gasteiger partial charge in [0.15, 0.2) is 5.76 Å². The van der Waals surface area contributed by atoms with Crippen molar-refractivity contribution in [1.82, 2.24) is 25.8 Å². The first kappa shape index (κ1) is 16.1. The fraction of sp³-hybridized carbons (Fsp3) is 0.188. The number of nitrogens with one attached hydrogen (secondary N) is 3. The fourth-order valence-electron chi connectivity index (χ4n) is 2.16. The first-order chi connectivity index (χ1) is 11.6. The van der Waals surface area contributed by atoms with Gasteiger partial charge in [-0.2, -0.15) is 0 Å². The van der Waals surface area contributed by atoms with E-state index in [4.69, 9.17) is 16.0 Å². The summed E-state index contributed by atoms with van der Waals surface area (Å²) in [6.07, 6.45) is 1.55. The first-order valence-electron chi connectivity index (χ1n) is 7.37. The van der Waals surface area contributed by atoms with Gasteiger partial charge in [-0.3, -0.25) is 5.10 Å². The van der Waals surface area contributed by atoms with Crippen LogP contribution in [0.5, 0.6) is 0 Å². The number of nitrogens with zero attached hydrogens (tertiary/aromatic N) is 2. The molecule has 124 valence electrons. The van der Waals surface area contributed by atoms with Crippen LogP contribution in [0.1, 0.15) is 24.4 Å². The SMILES string of the molecule is C[C@@H](NC(=O)NCc1nc(-c2ccco2)n[nH]1)c1cccc(Cl)c1. The zero-order valence-corrected chi connectivity index (χ0v) is 13.7. The molecule has 0 unspecified atom stereocenters. The van der Waals surface area contributed by atoms with Gasteiger partial charge in [-0.05, 0) is 36.8 Å². The fourth-order valence-corrected chi connectivity index (χ4v) is 2.36. The van der Waals surface area contributed by atoms with E-state index in [9.17, 15) is 4.79 Å². The van der Waals surface area contributed by atoms with Gasteiger partial charge in [-0.15, -0.1) is 5.10 Å².